The number of carbonyl (C=O) groups is 3. The van der Waals surface area contributed by atoms with Gasteiger partial charge in [-0.25, -0.2) is 4.79 Å². The highest BCUT2D eigenvalue weighted by Gasteiger charge is 2.47. The molecule has 138 valence electrons. The summed E-state index contributed by atoms with van der Waals surface area (Å²) in [5.74, 6) is -0.775. The molecular weight excluding hydrogens is 332 g/mol. The van der Waals surface area contributed by atoms with Crippen molar-refractivity contribution in [3.63, 3.8) is 0 Å². The molecule has 0 spiro atoms. The third kappa shape index (κ3) is 2.87. The third-order valence-corrected chi connectivity index (χ3v) is 6.09. The molecule has 26 heavy (non-hydrogen) atoms. The predicted molar refractivity (Wildman–Crippen MR) is 96.0 cm³/mol. The Labute approximate surface area is 152 Å². The normalized spacial score (nSPS) is 28.3. The van der Waals surface area contributed by atoms with Crippen LogP contribution in [0, 0.1) is 5.92 Å². The third-order valence-electron chi connectivity index (χ3n) is 6.09. The summed E-state index contributed by atoms with van der Waals surface area (Å²) in [7, 11) is 0. The summed E-state index contributed by atoms with van der Waals surface area (Å²) < 4.78 is 0. The number of carbonyl (C=O) groups excluding carboxylic acids is 2. The summed E-state index contributed by atoms with van der Waals surface area (Å²) in [5, 5.41) is 9.64. The lowest BCUT2D eigenvalue weighted by molar-refractivity contribution is -0.141. The molecule has 6 nitrogen and oxygen atoms in total. The number of nitrogens with zero attached hydrogens (tertiary/aromatic N) is 2. The maximum Gasteiger partial charge on any atom is 0.326 e. The van der Waals surface area contributed by atoms with E-state index in [9.17, 15) is 19.5 Å². The van der Waals surface area contributed by atoms with Crippen LogP contribution in [0.2, 0.25) is 0 Å². The van der Waals surface area contributed by atoms with Gasteiger partial charge in [0.15, 0.2) is 0 Å². The van der Waals surface area contributed by atoms with Crippen molar-refractivity contribution in [1.82, 2.24) is 4.90 Å². The second-order valence-electron chi connectivity index (χ2n) is 7.61. The summed E-state index contributed by atoms with van der Waals surface area (Å²) in [6, 6.07) is 6.35. The van der Waals surface area contributed by atoms with Gasteiger partial charge >= 0.3 is 5.97 Å². The average molecular weight is 356 g/mol. The zero-order valence-electron chi connectivity index (χ0n) is 14.8. The fourth-order valence-corrected chi connectivity index (χ4v) is 4.85. The van der Waals surface area contributed by atoms with E-state index in [1.54, 1.807) is 28.0 Å². The molecule has 1 aromatic carbocycles. The molecule has 1 saturated carbocycles. The first-order valence-corrected chi connectivity index (χ1v) is 9.52. The summed E-state index contributed by atoms with van der Waals surface area (Å²) in [6.45, 7) is 0.669. The molecule has 0 bridgehead atoms. The van der Waals surface area contributed by atoms with E-state index in [1.807, 2.05) is 6.07 Å². The van der Waals surface area contributed by atoms with E-state index in [4.69, 9.17) is 0 Å². The van der Waals surface area contributed by atoms with Gasteiger partial charge in [0.25, 0.3) is 5.91 Å². The number of fused-ring (bicyclic) bond motifs is 1. The van der Waals surface area contributed by atoms with Crippen LogP contribution in [0.4, 0.5) is 5.69 Å². The molecule has 4 rings (SSSR count). The number of hydrogen-bond donors (Lipinski definition) is 1. The Morgan fingerprint density at radius 3 is 2.65 bits per heavy atom. The Balaban J connectivity index is 1.63. The quantitative estimate of drug-likeness (QED) is 0.903. The fourth-order valence-electron chi connectivity index (χ4n) is 4.85. The van der Waals surface area contributed by atoms with Crippen molar-refractivity contribution in [2.24, 2.45) is 5.92 Å². The number of benzene rings is 1. The molecular formula is C20H24N2O4. The van der Waals surface area contributed by atoms with Crippen LogP contribution >= 0.6 is 0 Å². The molecule has 2 aliphatic heterocycles. The summed E-state index contributed by atoms with van der Waals surface area (Å²) in [4.78, 5) is 40.3. The Morgan fingerprint density at radius 1 is 1.12 bits per heavy atom. The molecule has 1 N–H and O–H groups in total. The molecule has 3 fully saturated rings. The smallest absolute Gasteiger partial charge is 0.326 e. The van der Waals surface area contributed by atoms with Crippen LogP contribution in [0.15, 0.2) is 24.3 Å². The summed E-state index contributed by atoms with van der Waals surface area (Å²) >= 11 is 0. The van der Waals surface area contributed by atoms with Crippen molar-refractivity contribution in [3.05, 3.63) is 29.8 Å². The molecule has 2 amide bonds. The first kappa shape index (κ1) is 17.1. The first-order valence-electron chi connectivity index (χ1n) is 9.52. The van der Waals surface area contributed by atoms with Gasteiger partial charge < -0.3 is 14.9 Å². The van der Waals surface area contributed by atoms with Crippen LogP contribution < -0.4 is 4.90 Å². The average Bonchev–Trinajstić information content (AvgIpc) is 3.25. The van der Waals surface area contributed by atoms with Crippen LogP contribution in [0.1, 0.15) is 55.3 Å². The van der Waals surface area contributed by atoms with Gasteiger partial charge in [-0.3, -0.25) is 9.59 Å². The van der Waals surface area contributed by atoms with E-state index in [2.05, 4.69) is 0 Å². The van der Waals surface area contributed by atoms with E-state index < -0.39 is 12.0 Å². The van der Waals surface area contributed by atoms with Gasteiger partial charge in [0.05, 0.1) is 0 Å². The molecule has 2 heterocycles. The second-order valence-corrected chi connectivity index (χ2v) is 7.61. The van der Waals surface area contributed by atoms with Crippen molar-refractivity contribution < 1.29 is 19.5 Å². The number of likely N-dealkylation sites (tertiary alicyclic amines) is 1. The van der Waals surface area contributed by atoms with Gasteiger partial charge in [0, 0.05) is 30.3 Å². The monoisotopic (exact) mass is 356 g/mol. The predicted octanol–water partition coefficient (Wildman–Crippen LogP) is 2.67. The minimum Gasteiger partial charge on any atom is -0.480 e. The zero-order valence-corrected chi connectivity index (χ0v) is 14.8. The summed E-state index contributed by atoms with van der Waals surface area (Å²) in [6.07, 6.45) is 5.95. The lowest BCUT2D eigenvalue weighted by Gasteiger charge is -2.33. The van der Waals surface area contributed by atoms with Crippen LogP contribution in [0.3, 0.4) is 0 Å². The van der Waals surface area contributed by atoms with E-state index in [1.165, 1.54) is 0 Å². The van der Waals surface area contributed by atoms with Crippen LogP contribution in [-0.4, -0.2) is 46.4 Å². The van der Waals surface area contributed by atoms with Gasteiger partial charge in [0.2, 0.25) is 5.91 Å². The number of aliphatic carboxylic acids is 1. The molecule has 1 aromatic rings. The molecule has 1 aliphatic carbocycles. The van der Waals surface area contributed by atoms with Crippen LogP contribution in [-0.2, 0) is 9.59 Å². The van der Waals surface area contributed by atoms with Crippen LogP contribution in [0.25, 0.3) is 0 Å². The minimum absolute atomic E-state index is 0.0226. The number of carboxylic acids is 1. The van der Waals surface area contributed by atoms with E-state index in [-0.39, 0.29) is 23.8 Å². The van der Waals surface area contributed by atoms with Crippen molar-refractivity contribution in [3.8, 4) is 0 Å². The highest BCUT2D eigenvalue weighted by Crippen LogP contribution is 2.40. The number of hydrogen-bond acceptors (Lipinski definition) is 3. The first-order chi connectivity index (χ1) is 12.6. The lowest BCUT2D eigenvalue weighted by Crippen LogP contribution is -2.46. The molecule has 6 heteroatoms. The molecule has 3 atom stereocenters. The molecule has 0 radical (unpaired) electrons. The standard InChI is InChI=1S/C20H24N2O4/c23-18-9-4-10-21(18)15-7-3-6-14(11-15)19(24)22-16-8-2-1-5-13(16)12-17(22)20(25)26/h3,6-7,11,13,16-17H,1-2,4-5,8-10,12H2,(H,25,26). The largest absolute Gasteiger partial charge is 0.480 e. The Morgan fingerprint density at radius 2 is 1.92 bits per heavy atom. The molecule has 0 aromatic heterocycles. The van der Waals surface area contributed by atoms with Crippen molar-refractivity contribution >= 4 is 23.5 Å². The highest BCUT2D eigenvalue weighted by molar-refractivity contribution is 6.00. The van der Waals surface area contributed by atoms with Crippen molar-refractivity contribution in [2.75, 3.05) is 11.4 Å². The molecule has 3 aliphatic rings. The van der Waals surface area contributed by atoms with Crippen molar-refractivity contribution in [1.29, 1.82) is 0 Å². The maximum atomic E-state index is 13.2. The van der Waals surface area contributed by atoms with E-state index >= 15 is 0 Å². The van der Waals surface area contributed by atoms with Gasteiger partial charge in [-0.2, -0.15) is 0 Å². The molecule has 3 unspecified atom stereocenters. The maximum absolute atomic E-state index is 13.2. The Hall–Kier alpha value is -2.37. The number of rotatable bonds is 3. The minimum atomic E-state index is -0.918. The summed E-state index contributed by atoms with van der Waals surface area (Å²) in [5.41, 5.74) is 1.20. The van der Waals surface area contributed by atoms with Gasteiger partial charge in [0.1, 0.15) is 6.04 Å². The second kappa shape index (κ2) is 6.74. The van der Waals surface area contributed by atoms with Gasteiger partial charge in [-0.15, -0.1) is 0 Å². The van der Waals surface area contributed by atoms with E-state index in [0.717, 1.165) is 37.8 Å². The Bertz CT molecular complexity index is 747. The fraction of sp³-hybridized carbons (Fsp3) is 0.550. The highest BCUT2D eigenvalue weighted by atomic mass is 16.4. The lowest BCUT2D eigenvalue weighted by atomic mass is 9.84. The SMILES string of the molecule is O=C(O)C1CC2CCCCC2N1C(=O)c1cccc(N2CCCC2=O)c1. The van der Waals surface area contributed by atoms with Crippen LogP contribution in [0.5, 0.6) is 0 Å². The number of carboxylic acid groups (broad SMARTS) is 1. The topological polar surface area (TPSA) is 77.9 Å². The van der Waals surface area contributed by atoms with Crippen molar-refractivity contribution in [2.45, 2.75) is 57.0 Å². The number of anilines is 1. The van der Waals surface area contributed by atoms with Gasteiger partial charge in [-0.05, 0) is 49.8 Å². The van der Waals surface area contributed by atoms with Gasteiger partial charge in [-0.1, -0.05) is 18.9 Å². The zero-order chi connectivity index (χ0) is 18.3. The number of amides is 2. The Kier molecular flexibility index (Phi) is 4.42. The molecule has 2 saturated heterocycles. The van der Waals surface area contributed by atoms with E-state index in [0.29, 0.717) is 24.9 Å².